The third-order valence-electron chi connectivity index (χ3n) is 6.94. The lowest BCUT2D eigenvalue weighted by molar-refractivity contribution is -0.117. The van der Waals surface area contributed by atoms with Crippen LogP contribution in [-0.4, -0.2) is 52.6 Å². The van der Waals surface area contributed by atoms with E-state index in [0.717, 1.165) is 61.3 Å². The van der Waals surface area contributed by atoms with Gasteiger partial charge in [0.1, 0.15) is 11.6 Å². The van der Waals surface area contributed by atoms with E-state index in [9.17, 15) is 9.59 Å². The first kappa shape index (κ1) is 21.0. The van der Waals surface area contributed by atoms with E-state index >= 15 is 0 Å². The van der Waals surface area contributed by atoms with Gasteiger partial charge in [-0.2, -0.15) is 0 Å². The predicted octanol–water partition coefficient (Wildman–Crippen LogP) is 2.58. The molecule has 0 bridgehead atoms. The summed E-state index contributed by atoms with van der Waals surface area (Å²) in [7, 11) is 0. The van der Waals surface area contributed by atoms with Gasteiger partial charge in [0.05, 0.1) is 6.04 Å². The van der Waals surface area contributed by atoms with Gasteiger partial charge >= 0.3 is 0 Å². The third kappa shape index (κ3) is 3.76. The van der Waals surface area contributed by atoms with Crippen molar-refractivity contribution in [3.05, 3.63) is 48.5 Å². The molecular weight excluding hydrogens is 432 g/mol. The van der Waals surface area contributed by atoms with Gasteiger partial charge in [0.25, 0.3) is 0 Å². The highest BCUT2D eigenvalue weighted by atomic mass is 16.4. The summed E-state index contributed by atoms with van der Waals surface area (Å²) in [6.07, 6.45) is 3.83. The maximum Gasteiger partial charge on any atom is 0.248 e. The molecule has 2 saturated heterocycles. The van der Waals surface area contributed by atoms with E-state index in [1.54, 1.807) is 0 Å². The van der Waals surface area contributed by atoms with Crippen molar-refractivity contribution >= 4 is 23.1 Å². The molecule has 3 aromatic rings. The maximum absolute atomic E-state index is 12.3. The number of carbonyl (C=O) groups is 2. The number of hydrogen-bond donors (Lipinski definition) is 4. The summed E-state index contributed by atoms with van der Waals surface area (Å²) in [5.41, 5.74) is 2.83. The van der Waals surface area contributed by atoms with Gasteiger partial charge in [0, 0.05) is 22.5 Å². The Morgan fingerprint density at radius 2 is 1.62 bits per heavy atom. The first-order chi connectivity index (χ1) is 16.6. The van der Waals surface area contributed by atoms with Crippen LogP contribution in [0.1, 0.15) is 25.7 Å². The zero-order chi connectivity index (χ0) is 23.1. The molecule has 9 heteroatoms. The number of rotatable bonds is 6. The van der Waals surface area contributed by atoms with Crippen molar-refractivity contribution in [1.29, 1.82) is 0 Å². The number of hydrogen-bond acceptors (Lipinski definition) is 8. The fourth-order valence-electron chi connectivity index (χ4n) is 4.92. The van der Waals surface area contributed by atoms with Crippen LogP contribution < -0.4 is 21.3 Å². The number of anilines is 2. The Balaban J connectivity index is 1.10. The van der Waals surface area contributed by atoms with Gasteiger partial charge in [0.2, 0.25) is 17.7 Å². The Bertz CT molecular complexity index is 1210. The number of aromatic nitrogens is 2. The minimum atomic E-state index is -0.355. The summed E-state index contributed by atoms with van der Waals surface area (Å²) >= 11 is 0. The average Bonchev–Trinajstić information content (AvgIpc) is 3.50. The lowest BCUT2D eigenvalue weighted by Crippen LogP contribution is -2.35. The molecule has 34 heavy (non-hydrogen) atoms. The zero-order valence-corrected chi connectivity index (χ0v) is 18.6. The minimum absolute atomic E-state index is 0.0102. The van der Waals surface area contributed by atoms with E-state index < -0.39 is 0 Å². The van der Waals surface area contributed by atoms with E-state index in [1.165, 1.54) is 0 Å². The average molecular weight is 459 g/mol. The van der Waals surface area contributed by atoms with E-state index in [1.807, 2.05) is 48.5 Å². The molecule has 3 atom stereocenters. The van der Waals surface area contributed by atoms with Crippen molar-refractivity contribution in [1.82, 2.24) is 20.8 Å². The Labute approximate surface area is 196 Å². The molecule has 2 aromatic carbocycles. The first-order valence-electron chi connectivity index (χ1n) is 11.8. The molecular formula is C25H26N6O3. The topological polar surface area (TPSA) is 121 Å². The van der Waals surface area contributed by atoms with Crippen LogP contribution in [0, 0.1) is 0 Å². The van der Waals surface area contributed by atoms with E-state index in [2.05, 4.69) is 31.5 Å². The molecule has 1 saturated carbocycles. The zero-order valence-electron chi connectivity index (χ0n) is 18.6. The van der Waals surface area contributed by atoms with Crippen LogP contribution in [0.25, 0.3) is 22.9 Å². The van der Waals surface area contributed by atoms with Gasteiger partial charge in [-0.3, -0.25) is 9.59 Å². The number of nitrogens with one attached hydrogen (secondary N) is 4. The second kappa shape index (κ2) is 8.34. The Morgan fingerprint density at radius 3 is 2.21 bits per heavy atom. The maximum atomic E-state index is 12.3. The fraction of sp³-hybridized carbons (Fsp3) is 0.360. The van der Waals surface area contributed by atoms with Crippen molar-refractivity contribution in [2.45, 2.75) is 43.3 Å². The van der Waals surface area contributed by atoms with E-state index in [4.69, 9.17) is 4.42 Å². The monoisotopic (exact) mass is 458 g/mol. The standard InChI is InChI=1S/C25H26N6O3/c32-21-20(25(21)12-2-14-27-25)28-17-8-4-15(5-9-17)23-30-31-24(34-23)16-6-10-18(11-7-16)29-22(33)19-3-1-13-26-19/h4-11,19-20,26-28H,1-3,12-14H2,(H,29,33)/t19-,20-,25?/m0/s1. The number of nitrogens with zero attached hydrogens (tertiary/aromatic N) is 2. The number of ketones is 1. The van der Waals surface area contributed by atoms with Crippen LogP contribution in [0.3, 0.4) is 0 Å². The highest BCUT2D eigenvalue weighted by molar-refractivity contribution is 6.14. The quantitative estimate of drug-likeness (QED) is 0.445. The van der Waals surface area contributed by atoms with Gasteiger partial charge < -0.3 is 25.7 Å². The van der Waals surface area contributed by atoms with Gasteiger partial charge in [0.15, 0.2) is 5.78 Å². The second-order valence-electron chi connectivity index (χ2n) is 9.15. The van der Waals surface area contributed by atoms with Crippen molar-refractivity contribution < 1.29 is 14.0 Å². The van der Waals surface area contributed by atoms with Crippen LogP contribution in [0.4, 0.5) is 11.4 Å². The summed E-state index contributed by atoms with van der Waals surface area (Å²) in [5, 5.41) is 21.2. The largest absolute Gasteiger partial charge is 0.416 e. The molecule has 1 aliphatic carbocycles. The van der Waals surface area contributed by atoms with Crippen molar-refractivity contribution in [2.24, 2.45) is 0 Å². The highest BCUT2D eigenvalue weighted by Crippen LogP contribution is 2.41. The van der Waals surface area contributed by atoms with Crippen LogP contribution >= 0.6 is 0 Å². The molecule has 1 aromatic heterocycles. The number of carbonyl (C=O) groups excluding carboxylic acids is 2. The molecule has 1 amide bonds. The van der Waals surface area contributed by atoms with Gasteiger partial charge in [-0.15, -0.1) is 10.2 Å². The summed E-state index contributed by atoms with van der Waals surface area (Å²) in [6.45, 7) is 1.78. The van der Waals surface area contributed by atoms with Crippen LogP contribution in [0.15, 0.2) is 52.9 Å². The predicted molar refractivity (Wildman–Crippen MR) is 127 cm³/mol. The lowest BCUT2D eigenvalue weighted by Gasteiger charge is -2.11. The molecule has 9 nitrogen and oxygen atoms in total. The molecule has 1 unspecified atom stereocenters. The van der Waals surface area contributed by atoms with Crippen molar-refractivity contribution in [3.8, 4) is 22.9 Å². The van der Waals surface area contributed by atoms with Crippen LogP contribution in [0.2, 0.25) is 0 Å². The second-order valence-corrected chi connectivity index (χ2v) is 9.15. The minimum Gasteiger partial charge on any atom is -0.416 e. The molecule has 1 spiro atoms. The molecule has 0 radical (unpaired) electrons. The first-order valence-corrected chi connectivity index (χ1v) is 11.8. The van der Waals surface area contributed by atoms with E-state index in [0.29, 0.717) is 11.8 Å². The van der Waals surface area contributed by atoms with Gasteiger partial charge in [-0.25, -0.2) is 0 Å². The third-order valence-corrected chi connectivity index (χ3v) is 6.94. The van der Waals surface area contributed by atoms with Crippen LogP contribution in [-0.2, 0) is 9.59 Å². The molecule has 4 N–H and O–H groups in total. The van der Waals surface area contributed by atoms with Crippen molar-refractivity contribution in [2.75, 3.05) is 23.7 Å². The molecule has 3 fully saturated rings. The molecule has 174 valence electrons. The summed E-state index contributed by atoms with van der Waals surface area (Å²) in [6, 6.07) is 14.7. The number of amides is 1. The highest BCUT2D eigenvalue weighted by Gasteiger charge is 2.66. The van der Waals surface area contributed by atoms with Gasteiger partial charge in [-0.05, 0) is 87.3 Å². The van der Waals surface area contributed by atoms with Crippen LogP contribution in [0.5, 0.6) is 0 Å². The summed E-state index contributed by atoms with van der Waals surface area (Å²) in [5.74, 6) is 1.06. The summed E-state index contributed by atoms with van der Waals surface area (Å²) < 4.78 is 5.88. The SMILES string of the molecule is O=C(Nc1ccc(-c2nnc(-c3ccc(N[C@H]4C(=O)C45CCCN5)cc3)o2)cc1)[C@@H]1CCCN1. The Morgan fingerprint density at radius 1 is 0.941 bits per heavy atom. The van der Waals surface area contributed by atoms with Gasteiger partial charge in [-0.1, -0.05) is 0 Å². The van der Waals surface area contributed by atoms with Crippen molar-refractivity contribution in [3.63, 3.8) is 0 Å². The fourth-order valence-corrected chi connectivity index (χ4v) is 4.92. The molecule has 3 aliphatic rings. The normalized spacial score (nSPS) is 25.6. The smallest absolute Gasteiger partial charge is 0.248 e. The molecule has 2 aliphatic heterocycles. The van der Waals surface area contributed by atoms with E-state index in [-0.39, 0.29) is 29.3 Å². The molecule has 6 rings (SSSR count). The molecule has 3 heterocycles. The Hall–Kier alpha value is -3.56. The Kier molecular flexibility index (Phi) is 5.15. The lowest BCUT2D eigenvalue weighted by atomic mass is 10.2. The number of benzene rings is 2. The summed E-state index contributed by atoms with van der Waals surface area (Å²) in [4.78, 5) is 24.5. The number of Topliss-reactive ketones (excluding diaryl/α,β-unsaturated/α-hetero) is 1.